The first-order chi connectivity index (χ1) is 13.9. The molecule has 0 fully saturated rings. The lowest BCUT2D eigenvalue weighted by Crippen LogP contribution is -2.20. The third-order valence-electron chi connectivity index (χ3n) is 4.37. The lowest BCUT2D eigenvalue weighted by atomic mass is 10.0. The lowest BCUT2D eigenvalue weighted by molar-refractivity contribution is -0.124. The minimum absolute atomic E-state index is 0.0165. The first-order valence-corrected chi connectivity index (χ1v) is 9.40. The van der Waals surface area contributed by atoms with Gasteiger partial charge in [-0.05, 0) is 47.5 Å². The average Bonchev–Trinajstić information content (AvgIpc) is 2.70. The molecule has 29 heavy (non-hydrogen) atoms. The van der Waals surface area contributed by atoms with Gasteiger partial charge in [0.2, 0.25) is 11.8 Å². The normalized spacial score (nSPS) is 11.0. The maximum Gasteiger partial charge on any atom is 0.240 e. The summed E-state index contributed by atoms with van der Waals surface area (Å²) in [6.07, 6.45) is 1.40. The minimum Gasteiger partial charge on any atom is -0.507 e. The lowest BCUT2D eigenvalue weighted by Gasteiger charge is -2.08. The summed E-state index contributed by atoms with van der Waals surface area (Å²) in [5.74, 6) is -0.607. The van der Waals surface area contributed by atoms with E-state index in [1.54, 1.807) is 24.3 Å². The molecule has 3 aromatic rings. The smallest absolute Gasteiger partial charge is 0.240 e. The number of phenolic OH excluding ortho intramolecular Hbond substituents is 1. The fraction of sp³-hybridized carbons (Fsp3) is 0.136. The zero-order valence-corrected chi connectivity index (χ0v) is 16.5. The van der Waals surface area contributed by atoms with E-state index < -0.39 is 5.91 Å². The molecule has 0 aliphatic carbocycles. The zero-order chi connectivity index (χ0) is 20.8. The van der Waals surface area contributed by atoms with Crippen LogP contribution >= 0.6 is 11.6 Å². The Labute approximate surface area is 173 Å². The molecule has 148 valence electrons. The molecule has 6 nitrogen and oxygen atoms in total. The third-order valence-corrected chi connectivity index (χ3v) is 4.61. The van der Waals surface area contributed by atoms with E-state index in [0.717, 1.165) is 16.3 Å². The van der Waals surface area contributed by atoms with Gasteiger partial charge in [0.1, 0.15) is 5.75 Å². The summed E-state index contributed by atoms with van der Waals surface area (Å²) in [5, 5.41) is 19.1. The van der Waals surface area contributed by atoms with Gasteiger partial charge in [-0.25, -0.2) is 5.43 Å². The number of hydrazone groups is 1. The van der Waals surface area contributed by atoms with Crippen molar-refractivity contribution >= 4 is 46.1 Å². The predicted molar refractivity (Wildman–Crippen MR) is 115 cm³/mol. The fourth-order valence-corrected chi connectivity index (χ4v) is 3.08. The van der Waals surface area contributed by atoms with Crippen molar-refractivity contribution in [1.82, 2.24) is 5.43 Å². The van der Waals surface area contributed by atoms with Crippen LogP contribution in [0.25, 0.3) is 10.8 Å². The Bertz CT molecular complexity index is 1100. The number of hydrogen-bond acceptors (Lipinski definition) is 4. The van der Waals surface area contributed by atoms with Crippen LogP contribution in [0.2, 0.25) is 5.02 Å². The molecule has 0 unspecified atom stereocenters. The number of anilines is 1. The molecule has 0 atom stereocenters. The monoisotopic (exact) mass is 409 g/mol. The Morgan fingerprint density at radius 3 is 2.62 bits per heavy atom. The Kier molecular flexibility index (Phi) is 6.46. The molecule has 2 amide bonds. The summed E-state index contributed by atoms with van der Waals surface area (Å²) in [5.41, 5.74) is 4.40. The molecule has 0 aliphatic rings. The first-order valence-electron chi connectivity index (χ1n) is 9.02. The van der Waals surface area contributed by atoms with Gasteiger partial charge in [0.25, 0.3) is 0 Å². The molecule has 0 bridgehead atoms. The number of aryl methyl sites for hydroxylation is 1. The zero-order valence-electron chi connectivity index (χ0n) is 15.8. The number of fused-ring (bicyclic) bond motifs is 1. The highest BCUT2D eigenvalue weighted by Gasteiger charge is 2.09. The van der Waals surface area contributed by atoms with Gasteiger partial charge in [0.05, 0.1) is 6.21 Å². The molecule has 3 N–H and O–H groups in total. The van der Waals surface area contributed by atoms with E-state index in [9.17, 15) is 14.7 Å². The molecule has 0 saturated heterocycles. The maximum absolute atomic E-state index is 12.0. The van der Waals surface area contributed by atoms with Crippen molar-refractivity contribution in [3.8, 4) is 5.75 Å². The summed E-state index contributed by atoms with van der Waals surface area (Å²) in [6.45, 7) is 1.84. The van der Waals surface area contributed by atoms with Gasteiger partial charge in [-0.1, -0.05) is 41.9 Å². The Morgan fingerprint density at radius 2 is 1.83 bits per heavy atom. The second-order valence-corrected chi connectivity index (χ2v) is 6.96. The Morgan fingerprint density at radius 1 is 1.07 bits per heavy atom. The molecular weight excluding hydrogens is 390 g/mol. The van der Waals surface area contributed by atoms with Crippen LogP contribution in [0.3, 0.4) is 0 Å². The van der Waals surface area contributed by atoms with Crippen molar-refractivity contribution in [3.05, 3.63) is 70.7 Å². The maximum atomic E-state index is 12.0. The van der Waals surface area contributed by atoms with Crippen molar-refractivity contribution in [2.75, 3.05) is 5.32 Å². The third kappa shape index (κ3) is 5.33. The van der Waals surface area contributed by atoms with Gasteiger partial charge in [-0.15, -0.1) is 0 Å². The van der Waals surface area contributed by atoms with E-state index in [1.165, 1.54) is 6.21 Å². The van der Waals surface area contributed by atoms with E-state index in [2.05, 4.69) is 15.8 Å². The number of halogens is 1. The number of rotatable bonds is 6. The summed E-state index contributed by atoms with van der Waals surface area (Å²) < 4.78 is 0. The van der Waals surface area contributed by atoms with Crippen LogP contribution in [0.15, 0.2) is 59.7 Å². The van der Waals surface area contributed by atoms with E-state index in [4.69, 9.17) is 11.6 Å². The number of benzene rings is 3. The molecule has 0 radical (unpaired) electrons. The van der Waals surface area contributed by atoms with Crippen LogP contribution < -0.4 is 10.7 Å². The van der Waals surface area contributed by atoms with Crippen molar-refractivity contribution in [2.45, 2.75) is 19.8 Å². The van der Waals surface area contributed by atoms with E-state index >= 15 is 0 Å². The van der Waals surface area contributed by atoms with Crippen LogP contribution in [-0.2, 0) is 9.59 Å². The number of amides is 2. The van der Waals surface area contributed by atoms with E-state index in [1.807, 2.05) is 37.3 Å². The number of carbonyl (C=O) groups excluding carboxylic acids is 2. The highest BCUT2D eigenvalue weighted by Crippen LogP contribution is 2.25. The highest BCUT2D eigenvalue weighted by atomic mass is 35.5. The molecule has 3 rings (SSSR count). The average molecular weight is 410 g/mol. The van der Waals surface area contributed by atoms with Gasteiger partial charge in [-0.3, -0.25) is 9.59 Å². The summed E-state index contributed by atoms with van der Waals surface area (Å²) in [4.78, 5) is 24.0. The van der Waals surface area contributed by atoms with Crippen molar-refractivity contribution in [2.24, 2.45) is 5.10 Å². The Balaban J connectivity index is 1.54. The molecule has 7 heteroatoms. The molecule has 0 spiro atoms. The van der Waals surface area contributed by atoms with E-state index in [0.29, 0.717) is 16.3 Å². The Hall–Kier alpha value is -3.38. The van der Waals surface area contributed by atoms with Crippen molar-refractivity contribution in [3.63, 3.8) is 0 Å². The van der Waals surface area contributed by atoms with E-state index in [-0.39, 0.29) is 24.5 Å². The molecule has 3 aromatic carbocycles. The fourth-order valence-electron chi connectivity index (χ4n) is 2.85. The van der Waals surface area contributed by atoms with Gasteiger partial charge in [0, 0.05) is 29.1 Å². The number of nitrogens with zero attached hydrogens (tertiary/aromatic N) is 1. The summed E-state index contributed by atoms with van der Waals surface area (Å²) in [7, 11) is 0. The van der Waals surface area contributed by atoms with Crippen LogP contribution in [-0.4, -0.2) is 23.1 Å². The van der Waals surface area contributed by atoms with Crippen molar-refractivity contribution in [1.29, 1.82) is 0 Å². The molecule has 0 saturated carbocycles. The highest BCUT2D eigenvalue weighted by molar-refractivity contribution is 6.30. The second-order valence-electron chi connectivity index (χ2n) is 6.52. The number of nitrogens with one attached hydrogen (secondary N) is 2. The predicted octanol–water partition coefficient (Wildman–Crippen LogP) is 4.38. The number of hydrogen-bond donors (Lipinski definition) is 3. The summed E-state index contributed by atoms with van der Waals surface area (Å²) >= 11 is 5.90. The van der Waals surface area contributed by atoms with Gasteiger partial charge in [0.15, 0.2) is 0 Å². The number of carbonyl (C=O) groups is 2. The molecule has 0 aliphatic heterocycles. The minimum atomic E-state index is -0.399. The number of phenols is 1. The quantitative estimate of drug-likeness (QED) is 0.417. The van der Waals surface area contributed by atoms with Crippen LogP contribution in [0.1, 0.15) is 24.0 Å². The van der Waals surface area contributed by atoms with Crippen LogP contribution in [0, 0.1) is 6.92 Å². The van der Waals surface area contributed by atoms with Crippen LogP contribution in [0.4, 0.5) is 5.69 Å². The topological polar surface area (TPSA) is 90.8 Å². The molecule has 0 aromatic heterocycles. The largest absolute Gasteiger partial charge is 0.507 e. The van der Waals surface area contributed by atoms with Gasteiger partial charge < -0.3 is 10.4 Å². The van der Waals surface area contributed by atoms with Crippen molar-refractivity contribution < 1.29 is 14.7 Å². The van der Waals surface area contributed by atoms with Crippen LogP contribution in [0.5, 0.6) is 5.75 Å². The summed E-state index contributed by atoms with van der Waals surface area (Å²) in [6, 6.07) is 16.1. The standard InChI is InChI=1S/C22H20ClN3O3/c1-14-12-16(23)7-8-19(14)25-21(28)10-11-22(29)26-24-13-18-17-5-3-2-4-15(17)6-9-20(18)27/h2-9,12-13,27H,10-11H2,1H3,(H,25,28)(H,26,29)/b24-13-. The number of aromatic hydroxyl groups is 1. The molecular formula is C22H20ClN3O3. The SMILES string of the molecule is Cc1cc(Cl)ccc1NC(=O)CCC(=O)N/N=C\c1c(O)ccc2ccccc12. The van der Waals surface area contributed by atoms with Gasteiger partial charge in [-0.2, -0.15) is 5.10 Å². The molecule has 0 heterocycles. The first kappa shape index (κ1) is 20.4. The van der Waals surface area contributed by atoms with Gasteiger partial charge >= 0.3 is 0 Å². The second kappa shape index (κ2) is 9.21.